The minimum absolute atomic E-state index is 0.196. The highest BCUT2D eigenvalue weighted by molar-refractivity contribution is 6.06. The van der Waals surface area contributed by atoms with Crippen molar-refractivity contribution >= 4 is 22.8 Å². The molecule has 0 radical (unpaired) electrons. The number of aromatic nitrogens is 3. The number of aryl methyl sites for hydroxylation is 2. The SMILES string of the molecule is Cc1nn(C)c2nc(-c3ccccc3)cc(C(=O)OCC(=O)c3ccc(F)cc3F)c12. The fraction of sp³-hybridized carbons (Fsp3) is 0.130. The van der Waals surface area contributed by atoms with Crippen molar-refractivity contribution in [1.29, 1.82) is 0 Å². The maximum absolute atomic E-state index is 13.8. The van der Waals surface area contributed by atoms with E-state index in [4.69, 9.17) is 4.74 Å². The molecule has 2 heterocycles. The topological polar surface area (TPSA) is 74.1 Å². The van der Waals surface area contributed by atoms with E-state index in [0.29, 0.717) is 28.5 Å². The molecule has 156 valence electrons. The Hall–Kier alpha value is -3.94. The Labute approximate surface area is 176 Å². The molecule has 0 saturated heterocycles. The Balaban J connectivity index is 1.67. The molecule has 31 heavy (non-hydrogen) atoms. The van der Waals surface area contributed by atoms with Crippen molar-refractivity contribution in [2.75, 3.05) is 6.61 Å². The second-order valence-electron chi connectivity index (χ2n) is 6.95. The first-order chi connectivity index (χ1) is 14.8. The number of nitrogens with zero attached hydrogens (tertiary/aromatic N) is 3. The molecule has 0 saturated carbocycles. The van der Waals surface area contributed by atoms with Crippen LogP contribution in [-0.2, 0) is 11.8 Å². The van der Waals surface area contributed by atoms with Crippen LogP contribution in [0.4, 0.5) is 8.78 Å². The number of rotatable bonds is 5. The molecule has 0 fully saturated rings. The van der Waals surface area contributed by atoms with Gasteiger partial charge in [-0.25, -0.2) is 18.6 Å². The van der Waals surface area contributed by atoms with Crippen LogP contribution < -0.4 is 0 Å². The van der Waals surface area contributed by atoms with Gasteiger partial charge in [-0.1, -0.05) is 30.3 Å². The van der Waals surface area contributed by atoms with E-state index in [0.717, 1.165) is 17.7 Å². The van der Waals surface area contributed by atoms with Crippen molar-refractivity contribution in [3.8, 4) is 11.3 Å². The number of hydrogen-bond acceptors (Lipinski definition) is 5. The highest BCUT2D eigenvalue weighted by Crippen LogP contribution is 2.27. The van der Waals surface area contributed by atoms with Gasteiger partial charge in [-0.2, -0.15) is 5.10 Å². The van der Waals surface area contributed by atoms with E-state index in [1.165, 1.54) is 0 Å². The first-order valence-electron chi connectivity index (χ1n) is 9.40. The van der Waals surface area contributed by atoms with Gasteiger partial charge in [-0.3, -0.25) is 9.48 Å². The Morgan fingerprint density at radius 3 is 2.48 bits per heavy atom. The summed E-state index contributed by atoms with van der Waals surface area (Å²) < 4.78 is 33.6. The van der Waals surface area contributed by atoms with Gasteiger partial charge in [-0.05, 0) is 25.1 Å². The summed E-state index contributed by atoms with van der Waals surface area (Å²) in [6.45, 7) is 1.05. The maximum atomic E-state index is 13.8. The van der Waals surface area contributed by atoms with Gasteiger partial charge in [0, 0.05) is 18.7 Å². The number of halogens is 2. The number of carbonyl (C=O) groups excluding carboxylic acids is 2. The zero-order valence-corrected chi connectivity index (χ0v) is 16.7. The Bertz CT molecular complexity index is 1320. The number of carbonyl (C=O) groups is 2. The van der Waals surface area contributed by atoms with Crippen molar-refractivity contribution in [3.63, 3.8) is 0 Å². The summed E-state index contributed by atoms with van der Waals surface area (Å²) in [5, 5.41) is 4.83. The molecule has 0 unspecified atom stereocenters. The Kier molecular flexibility index (Phi) is 5.29. The van der Waals surface area contributed by atoms with Gasteiger partial charge in [0.2, 0.25) is 5.78 Å². The molecule has 8 heteroatoms. The highest BCUT2D eigenvalue weighted by Gasteiger charge is 2.22. The third-order valence-electron chi connectivity index (χ3n) is 4.82. The summed E-state index contributed by atoms with van der Waals surface area (Å²) in [6, 6.07) is 13.4. The van der Waals surface area contributed by atoms with Crippen LogP contribution in [0.1, 0.15) is 26.4 Å². The lowest BCUT2D eigenvalue weighted by atomic mass is 10.1. The zero-order valence-electron chi connectivity index (χ0n) is 16.7. The summed E-state index contributed by atoms with van der Waals surface area (Å²) in [5.74, 6) is -3.36. The van der Waals surface area contributed by atoms with Crippen LogP contribution in [0.3, 0.4) is 0 Å². The van der Waals surface area contributed by atoms with Gasteiger partial charge in [-0.15, -0.1) is 0 Å². The molecule has 4 rings (SSSR count). The Morgan fingerprint density at radius 1 is 1.03 bits per heavy atom. The number of hydrogen-bond donors (Lipinski definition) is 0. The number of fused-ring (bicyclic) bond motifs is 1. The van der Waals surface area contributed by atoms with Crippen LogP contribution in [0.5, 0.6) is 0 Å². The van der Waals surface area contributed by atoms with E-state index in [1.54, 1.807) is 24.7 Å². The van der Waals surface area contributed by atoms with Gasteiger partial charge in [0.15, 0.2) is 12.3 Å². The molecule has 2 aromatic carbocycles. The molecule has 4 aromatic rings. The summed E-state index contributed by atoms with van der Waals surface area (Å²) in [5.41, 5.74) is 2.24. The second kappa shape index (κ2) is 8.06. The Morgan fingerprint density at radius 2 is 1.77 bits per heavy atom. The zero-order chi connectivity index (χ0) is 22.1. The molecule has 6 nitrogen and oxygen atoms in total. The molecular formula is C23H17F2N3O3. The lowest BCUT2D eigenvalue weighted by molar-refractivity contribution is 0.0475. The van der Waals surface area contributed by atoms with Gasteiger partial charge in [0.1, 0.15) is 11.6 Å². The fourth-order valence-corrected chi connectivity index (χ4v) is 3.36. The standard InChI is InChI=1S/C23H17F2N3O3/c1-13-21-17(23(30)31-12-20(29)16-9-8-15(24)10-18(16)25)11-19(14-6-4-3-5-7-14)26-22(21)28(2)27-13/h3-11H,12H2,1-2H3. The number of pyridine rings is 1. The lowest BCUT2D eigenvalue weighted by Crippen LogP contribution is -2.16. The fourth-order valence-electron chi connectivity index (χ4n) is 3.36. The normalized spacial score (nSPS) is 11.0. The van der Waals surface area contributed by atoms with Crippen LogP contribution in [0.2, 0.25) is 0 Å². The van der Waals surface area contributed by atoms with E-state index in [9.17, 15) is 18.4 Å². The van der Waals surface area contributed by atoms with Crippen LogP contribution in [0, 0.1) is 18.6 Å². The predicted octanol–water partition coefficient (Wildman–Crippen LogP) is 4.26. The largest absolute Gasteiger partial charge is 0.454 e. The average molecular weight is 421 g/mol. The third-order valence-corrected chi connectivity index (χ3v) is 4.82. The molecule has 2 aromatic heterocycles. The molecule has 0 bridgehead atoms. The second-order valence-corrected chi connectivity index (χ2v) is 6.95. The first-order valence-corrected chi connectivity index (χ1v) is 9.40. The number of ether oxygens (including phenoxy) is 1. The minimum atomic E-state index is -1.01. The third kappa shape index (κ3) is 3.92. The van der Waals surface area contributed by atoms with Crippen molar-refractivity contribution in [3.05, 3.63) is 83.1 Å². The molecule has 0 aliphatic heterocycles. The first kappa shape index (κ1) is 20.3. The minimum Gasteiger partial charge on any atom is -0.454 e. The number of esters is 1. The van der Waals surface area contributed by atoms with Crippen LogP contribution in [-0.4, -0.2) is 33.1 Å². The average Bonchev–Trinajstić information content (AvgIpc) is 3.05. The van der Waals surface area contributed by atoms with Gasteiger partial charge in [0.05, 0.1) is 27.9 Å². The highest BCUT2D eigenvalue weighted by atomic mass is 19.1. The predicted molar refractivity (Wildman–Crippen MR) is 110 cm³/mol. The van der Waals surface area contributed by atoms with Crippen LogP contribution in [0.15, 0.2) is 54.6 Å². The summed E-state index contributed by atoms with van der Waals surface area (Å²) in [4.78, 5) is 29.8. The van der Waals surface area contributed by atoms with Gasteiger partial charge < -0.3 is 4.74 Å². The molecular weight excluding hydrogens is 404 g/mol. The van der Waals surface area contributed by atoms with Crippen molar-refractivity contribution in [2.24, 2.45) is 7.05 Å². The van der Waals surface area contributed by atoms with Crippen molar-refractivity contribution < 1.29 is 23.1 Å². The van der Waals surface area contributed by atoms with Gasteiger partial charge >= 0.3 is 5.97 Å². The van der Waals surface area contributed by atoms with E-state index < -0.39 is 30.0 Å². The summed E-state index contributed by atoms with van der Waals surface area (Å²) in [6.07, 6.45) is 0. The monoisotopic (exact) mass is 421 g/mol. The van der Waals surface area contributed by atoms with Crippen LogP contribution in [0.25, 0.3) is 22.3 Å². The van der Waals surface area contributed by atoms with Crippen molar-refractivity contribution in [2.45, 2.75) is 6.92 Å². The number of benzene rings is 2. The van der Waals surface area contributed by atoms with Crippen molar-refractivity contribution in [1.82, 2.24) is 14.8 Å². The van der Waals surface area contributed by atoms with E-state index in [-0.39, 0.29) is 11.1 Å². The smallest absolute Gasteiger partial charge is 0.339 e. The maximum Gasteiger partial charge on any atom is 0.339 e. The quantitative estimate of drug-likeness (QED) is 0.356. The summed E-state index contributed by atoms with van der Waals surface area (Å²) >= 11 is 0. The van der Waals surface area contributed by atoms with E-state index in [2.05, 4.69) is 10.1 Å². The molecule has 0 N–H and O–H groups in total. The molecule has 0 atom stereocenters. The molecule has 0 aliphatic rings. The molecule has 0 aliphatic carbocycles. The van der Waals surface area contributed by atoms with Gasteiger partial charge in [0.25, 0.3) is 0 Å². The molecule has 0 spiro atoms. The number of ketones is 1. The van der Waals surface area contributed by atoms with Crippen LogP contribution >= 0.6 is 0 Å². The number of Topliss-reactive ketones (excluding diaryl/α,β-unsaturated/α-hetero) is 1. The molecule has 0 amide bonds. The van der Waals surface area contributed by atoms with E-state index in [1.807, 2.05) is 30.3 Å². The lowest BCUT2D eigenvalue weighted by Gasteiger charge is -2.09. The summed E-state index contributed by atoms with van der Waals surface area (Å²) in [7, 11) is 1.72. The van der Waals surface area contributed by atoms with E-state index >= 15 is 0 Å².